The minimum Gasteiger partial charge on any atom is -0.460 e. The summed E-state index contributed by atoms with van der Waals surface area (Å²) in [7, 11) is 1.99. The van der Waals surface area contributed by atoms with Gasteiger partial charge in [-0.15, -0.1) is 0 Å². The molecule has 0 saturated heterocycles. The topological polar surface area (TPSA) is 31.2 Å². The molecule has 0 radical (unpaired) electrons. The Balaban J connectivity index is 2.56. The van der Waals surface area contributed by atoms with Crippen LogP contribution >= 0.6 is 0 Å². The van der Waals surface area contributed by atoms with Crippen molar-refractivity contribution in [3.8, 4) is 0 Å². The number of aromatic nitrogens is 1. The van der Waals surface area contributed by atoms with Crippen LogP contribution in [0, 0.1) is 0 Å². The number of carbonyl (C=O) groups is 1. The second-order valence-corrected chi connectivity index (χ2v) is 3.59. The van der Waals surface area contributed by atoms with Crippen molar-refractivity contribution in [1.82, 2.24) is 4.57 Å². The number of hydrogen-bond acceptors (Lipinski definition) is 2. The highest BCUT2D eigenvalue weighted by Crippen LogP contribution is 2.27. The highest BCUT2D eigenvalue weighted by molar-refractivity contribution is 5.84. The Kier molecular flexibility index (Phi) is 2.46. The number of para-hydroxylation sites is 1. The van der Waals surface area contributed by atoms with E-state index < -0.39 is 0 Å². The van der Waals surface area contributed by atoms with E-state index in [1.165, 1.54) is 0 Å². The number of carbonyl (C=O) groups excluding carboxylic acids is 1. The predicted octanol–water partition coefficient (Wildman–Crippen LogP) is 2.41. The van der Waals surface area contributed by atoms with Crippen LogP contribution in [0.1, 0.15) is 18.6 Å². The van der Waals surface area contributed by atoms with Crippen molar-refractivity contribution in [2.75, 3.05) is 0 Å². The Morgan fingerprint density at radius 2 is 2.13 bits per heavy atom. The van der Waals surface area contributed by atoms with Crippen LogP contribution in [0.25, 0.3) is 10.9 Å². The van der Waals surface area contributed by atoms with Gasteiger partial charge in [-0.25, -0.2) is 0 Å². The molecular weight excluding hydrogens is 190 g/mol. The fraction of sp³-hybridized carbons (Fsp3) is 0.250. The summed E-state index contributed by atoms with van der Waals surface area (Å²) in [5, 5.41) is 1.13. The molecular formula is C12H13NO2. The molecule has 1 unspecified atom stereocenters. The molecule has 3 nitrogen and oxygen atoms in total. The predicted molar refractivity (Wildman–Crippen MR) is 58.5 cm³/mol. The maximum atomic E-state index is 10.3. The van der Waals surface area contributed by atoms with Crippen molar-refractivity contribution in [3.05, 3.63) is 36.0 Å². The van der Waals surface area contributed by atoms with Crippen molar-refractivity contribution in [3.63, 3.8) is 0 Å². The molecule has 1 aromatic heterocycles. The van der Waals surface area contributed by atoms with E-state index in [4.69, 9.17) is 4.74 Å². The van der Waals surface area contributed by atoms with Gasteiger partial charge in [-0.3, -0.25) is 4.79 Å². The minimum absolute atomic E-state index is 0.200. The summed E-state index contributed by atoms with van der Waals surface area (Å²) in [6, 6.07) is 8.07. The van der Waals surface area contributed by atoms with E-state index in [2.05, 4.69) is 0 Å². The van der Waals surface area contributed by atoms with Crippen LogP contribution < -0.4 is 0 Å². The molecule has 1 atom stereocenters. The van der Waals surface area contributed by atoms with E-state index >= 15 is 0 Å². The molecule has 0 spiro atoms. The Hall–Kier alpha value is -1.77. The molecule has 0 saturated carbocycles. The van der Waals surface area contributed by atoms with E-state index in [0.29, 0.717) is 6.47 Å². The van der Waals surface area contributed by atoms with Gasteiger partial charge < -0.3 is 9.30 Å². The second-order valence-electron chi connectivity index (χ2n) is 3.59. The van der Waals surface area contributed by atoms with E-state index in [1.54, 1.807) is 0 Å². The van der Waals surface area contributed by atoms with Gasteiger partial charge in [0.2, 0.25) is 0 Å². The molecule has 2 rings (SSSR count). The molecule has 0 fully saturated rings. The molecule has 0 N–H and O–H groups in total. The van der Waals surface area contributed by atoms with Gasteiger partial charge in [-0.1, -0.05) is 18.2 Å². The molecule has 0 aliphatic carbocycles. The van der Waals surface area contributed by atoms with Crippen LogP contribution in [-0.4, -0.2) is 11.0 Å². The fourth-order valence-corrected chi connectivity index (χ4v) is 1.85. The summed E-state index contributed by atoms with van der Waals surface area (Å²) in [5.74, 6) is 0. The summed E-state index contributed by atoms with van der Waals surface area (Å²) in [5.41, 5.74) is 2.19. The smallest absolute Gasteiger partial charge is 0.293 e. The Morgan fingerprint density at radius 1 is 1.40 bits per heavy atom. The van der Waals surface area contributed by atoms with Gasteiger partial charge in [0, 0.05) is 29.7 Å². The maximum absolute atomic E-state index is 10.3. The van der Waals surface area contributed by atoms with Crippen molar-refractivity contribution in [2.24, 2.45) is 7.05 Å². The lowest BCUT2D eigenvalue weighted by Crippen LogP contribution is -1.96. The second kappa shape index (κ2) is 3.77. The fourth-order valence-electron chi connectivity index (χ4n) is 1.85. The first-order valence-electron chi connectivity index (χ1n) is 4.87. The first kappa shape index (κ1) is 9.77. The highest BCUT2D eigenvalue weighted by atomic mass is 16.5. The van der Waals surface area contributed by atoms with Crippen LogP contribution in [0.4, 0.5) is 0 Å². The molecule has 0 bridgehead atoms. The number of rotatable bonds is 3. The Labute approximate surface area is 88.3 Å². The SMILES string of the molecule is CC(OC=O)c1cn(C)c2ccccc12. The molecule has 2 aromatic rings. The molecule has 1 heterocycles. The summed E-state index contributed by atoms with van der Waals surface area (Å²) >= 11 is 0. The van der Waals surface area contributed by atoms with Gasteiger partial charge in [0.05, 0.1) is 0 Å². The van der Waals surface area contributed by atoms with Crippen LogP contribution in [0.3, 0.4) is 0 Å². The lowest BCUT2D eigenvalue weighted by molar-refractivity contribution is -0.133. The lowest BCUT2D eigenvalue weighted by Gasteiger charge is -2.07. The quantitative estimate of drug-likeness (QED) is 0.717. The number of ether oxygens (including phenoxy) is 1. The van der Waals surface area contributed by atoms with Gasteiger partial charge in [-0.2, -0.15) is 0 Å². The first-order valence-corrected chi connectivity index (χ1v) is 4.87. The zero-order valence-electron chi connectivity index (χ0n) is 8.81. The maximum Gasteiger partial charge on any atom is 0.293 e. The van der Waals surface area contributed by atoms with Crippen molar-refractivity contribution in [1.29, 1.82) is 0 Å². The standard InChI is InChI=1S/C12H13NO2/c1-9(15-8-14)11-7-13(2)12-6-4-3-5-10(11)12/h3-9H,1-2H3. The average Bonchev–Trinajstić information content (AvgIpc) is 2.58. The molecule has 0 amide bonds. The summed E-state index contributed by atoms with van der Waals surface area (Å²) in [6.07, 6.45) is 1.80. The molecule has 15 heavy (non-hydrogen) atoms. The number of aryl methyl sites for hydroxylation is 1. The van der Waals surface area contributed by atoms with Gasteiger partial charge in [-0.05, 0) is 13.0 Å². The minimum atomic E-state index is -0.200. The zero-order valence-corrected chi connectivity index (χ0v) is 8.81. The third kappa shape index (κ3) is 1.61. The first-order chi connectivity index (χ1) is 7.24. The monoisotopic (exact) mass is 203 g/mol. The van der Waals surface area contributed by atoms with Crippen LogP contribution in [-0.2, 0) is 16.6 Å². The normalized spacial score (nSPS) is 12.7. The van der Waals surface area contributed by atoms with E-state index in [-0.39, 0.29) is 6.10 Å². The molecule has 0 aliphatic rings. The lowest BCUT2D eigenvalue weighted by atomic mass is 10.1. The number of benzene rings is 1. The number of nitrogens with zero attached hydrogens (tertiary/aromatic N) is 1. The largest absolute Gasteiger partial charge is 0.460 e. The average molecular weight is 203 g/mol. The van der Waals surface area contributed by atoms with Crippen LogP contribution in [0.5, 0.6) is 0 Å². The Morgan fingerprint density at radius 3 is 2.87 bits per heavy atom. The third-order valence-corrected chi connectivity index (χ3v) is 2.63. The van der Waals surface area contributed by atoms with E-state index in [1.807, 2.05) is 49.0 Å². The summed E-state index contributed by atoms with van der Waals surface area (Å²) in [6.45, 7) is 2.36. The van der Waals surface area contributed by atoms with Gasteiger partial charge in [0.25, 0.3) is 6.47 Å². The third-order valence-electron chi connectivity index (χ3n) is 2.63. The highest BCUT2D eigenvalue weighted by Gasteiger charge is 2.12. The molecule has 78 valence electrons. The summed E-state index contributed by atoms with van der Waals surface area (Å²) < 4.78 is 6.99. The zero-order chi connectivity index (χ0) is 10.8. The number of fused-ring (bicyclic) bond motifs is 1. The Bertz CT molecular complexity index is 487. The van der Waals surface area contributed by atoms with Crippen molar-refractivity contribution in [2.45, 2.75) is 13.0 Å². The molecule has 3 heteroatoms. The molecule has 0 aliphatic heterocycles. The molecule has 1 aromatic carbocycles. The van der Waals surface area contributed by atoms with Gasteiger partial charge in [0.1, 0.15) is 6.10 Å². The van der Waals surface area contributed by atoms with E-state index in [9.17, 15) is 4.79 Å². The van der Waals surface area contributed by atoms with E-state index in [0.717, 1.165) is 16.5 Å². The van der Waals surface area contributed by atoms with Crippen molar-refractivity contribution >= 4 is 17.4 Å². The number of hydrogen-bond donors (Lipinski definition) is 0. The van der Waals surface area contributed by atoms with Crippen LogP contribution in [0.15, 0.2) is 30.5 Å². The summed E-state index contributed by atoms with van der Waals surface area (Å²) in [4.78, 5) is 10.3. The van der Waals surface area contributed by atoms with Crippen molar-refractivity contribution < 1.29 is 9.53 Å². The van der Waals surface area contributed by atoms with Gasteiger partial charge in [0.15, 0.2) is 0 Å². The van der Waals surface area contributed by atoms with Gasteiger partial charge >= 0.3 is 0 Å². The van der Waals surface area contributed by atoms with Crippen LogP contribution in [0.2, 0.25) is 0 Å².